The van der Waals surface area contributed by atoms with Crippen LogP contribution in [-0.4, -0.2) is 29.7 Å². The predicted octanol–water partition coefficient (Wildman–Crippen LogP) is 3.62. The predicted molar refractivity (Wildman–Crippen MR) is 94.8 cm³/mol. The summed E-state index contributed by atoms with van der Waals surface area (Å²) in [5.41, 5.74) is 0.791. The van der Waals surface area contributed by atoms with E-state index in [1.54, 1.807) is 18.2 Å². The van der Waals surface area contributed by atoms with Crippen LogP contribution in [0.2, 0.25) is 0 Å². The van der Waals surface area contributed by atoms with E-state index in [4.69, 9.17) is 14.2 Å². The summed E-state index contributed by atoms with van der Waals surface area (Å²) in [5, 5.41) is 0. The fraction of sp³-hybridized carbons (Fsp3) is 0.350. The molecule has 25 heavy (non-hydrogen) atoms. The molecule has 1 amide bonds. The zero-order chi connectivity index (χ0) is 17.9. The smallest absolute Gasteiger partial charge is 0.261 e. The van der Waals surface area contributed by atoms with Gasteiger partial charge in [0.05, 0.1) is 0 Å². The van der Waals surface area contributed by atoms with Crippen LogP contribution in [0.25, 0.3) is 0 Å². The van der Waals surface area contributed by atoms with Crippen molar-refractivity contribution in [3.63, 3.8) is 0 Å². The highest BCUT2D eigenvalue weighted by Crippen LogP contribution is 2.35. The first-order valence-corrected chi connectivity index (χ1v) is 8.30. The van der Waals surface area contributed by atoms with E-state index in [1.807, 2.05) is 56.0 Å². The molecule has 1 aliphatic heterocycles. The van der Waals surface area contributed by atoms with Gasteiger partial charge in [0.15, 0.2) is 18.1 Å². The molecule has 0 fully saturated rings. The fourth-order valence-electron chi connectivity index (χ4n) is 2.66. The number of amides is 1. The van der Waals surface area contributed by atoms with E-state index in [0.29, 0.717) is 23.8 Å². The van der Waals surface area contributed by atoms with Crippen LogP contribution in [-0.2, 0) is 11.3 Å². The first-order valence-electron chi connectivity index (χ1n) is 8.30. The minimum Gasteiger partial charge on any atom is -0.484 e. The number of fused-ring (bicyclic) bond motifs is 1. The van der Waals surface area contributed by atoms with Crippen molar-refractivity contribution in [2.75, 3.05) is 13.4 Å². The molecule has 2 aromatic carbocycles. The van der Waals surface area contributed by atoms with Gasteiger partial charge in [-0.25, -0.2) is 0 Å². The maximum atomic E-state index is 12.7. The Balaban J connectivity index is 1.66. The Labute approximate surface area is 148 Å². The summed E-state index contributed by atoms with van der Waals surface area (Å²) in [4.78, 5) is 14.6. The molecule has 1 heterocycles. The van der Waals surface area contributed by atoms with Gasteiger partial charge in [-0.05, 0) is 38.5 Å². The number of rotatable bonds is 5. The summed E-state index contributed by atoms with van der Waals surface area (Å²) >= 11 is 0. The Morgan fingerprint density at radius 1 is 1.08 bits per heavy atom. The summed E-state index contributed by atoms with van der Waals surface area (Å²) < 4.78 is 16.3. The molecular weight excluding hydrogens is 318 g/mol. The molecule has 0 aliphatic carbocycles. The molecule has 0 saturated carbocycles. The Kier molecular flexibility index (Phi) is 4.83. The van der Waals surface area contributed by atoms with Gasteiger partial charge in [-0.3, -0.25) is 4.79 Å². The molecule has 0 aromatic heterocycles. The van der Waals surface area contributed by atoms with Crippen LogP contribution in [0.4, 0.5) is 0 Å². The van der Waals surface area contributed by atoms with Crippen molar-refractivity contribution in [2.45, 2.75) is 32.9 Å². The molecule has 0 radical (unpaired) electrons. The van der Waals surface area contributed by atoms with Gasteiger partial charge in [-0.2, -0.15) is 0 Å². The van der Waals surface area contributed by atoms with Gasteiger partial charge in [0.2, 0.25) is 6.79 Å². The van der Waals surface area contributed by atoms with Gasteiger partial charge in [0, 0.05) is 18.2 Å². The zero-order valence-corrected chi connectivity index (χ0v) is 14.8. The molecule has 1 aliphatic rings. The summed E-state index contributed by atoms with van der Waals surface area (Å²) in [6.45, 7) is 6.81. The number of hydrogen-bond acceptors (Lipinski definition) is 4. The lowest BCUT2D eigenvalue weighted by molar-refractivity contribution is -0.139. The largest absolute Gasteiger partial charge is 0.484 e. The molecule has 0 atom stereocenters. The highest BCUT2D eigenvalue weighted by Gasteiger charge is 2.27. The highest BCUT2D eigenvalue weighted by atomic mass is 16.7. The van der Waals surface area contributed by atoms with Gasteiger partial charge >= 0.3 is 0 Å². The van der Waals surface area contributed by atoms with Crippen LogP contribution in [0.1, 0.15) is 26.3 Å². The standard InChI is InChI=1S/C20H23NO4/c1-20(2,3)21(12-15-7-5-4-6-8-15)19(22)13-23-16-9-10-17-18(11-16)25-14-24-17/h4-11H,12-14H2,1-3H3. The van der Waals surface area contributed by atoms with E-state index in [-0.39, 0.29) is 24.8 Å². The minimum absolute atomic E-state index is 0.0241. The molecule has 0 unspecified atom stereocenters. The minimum atomic E-state index is -0.300. The maximum absolute atomic E-state index is 12.7. The van der Waals surface area contributed by atoms with Crippen LogP contribution >= 0.6 is 0 Å². The molecule has 5 heteroatoms. The zero-order valence-electron chi connectivity index (χ0n) is 14.8. The van der Waals surface area contributed by atoms with Crippen molar-refractivity contribution < 1.29 is 19.0 Å². The van der Waals surface area contributed by atoms with Crippen molar-refractivity contribution in [3.8, 4) is 17.2 Å². The molecule has 0 N–H and O–H groups in total. The average Bonchev–Trinajstić information content (AvgIpc) is 3.05. The number of benzene rings is 2. The first-order chi connectivity index (χ1) is 11.9. The number of hydrogen-bond donors (Lipinski definition) is 0. The van der Waals surface area contributed by atoms with Crippen molar-refractivity contribution in [1.82, 2.24) is 4.90 Å². The lowest BCUT2D eigenvalue weighted by atomic mass is 10.0. The van der Waals surface area contributed by atoms with Crippen molar-refractivity contribution >= 4 is 5.91 Å². The van der Waals surface area contributed by atoms with Crippen LogP contribution in [0.15, 0.2) is 48.5 Å². The van der Waals surface area contributed by atoms with Gasteiger partial charge in [-0.1, -0.05) is 30.3 Å². The van der Waals surface area contributed by atoms with Gasteiger partial charge < -0.3 is 19.1 Å². The second-order valence-corrected chi connectivity index (χ2v) is 6.94. The molecule has 0 saturated heterocycles. The van der Waals surface area contributed by atoms with Crippen molar-refractivity contribution in [2.24, 2.45) is 0 Å². The third-order valence-corrected chi connectivity index (χ3v) is 4.00. The maximum Gasteiger partial charge on any atom is 0.261 e. The van der Waals surface area contributed by atoms with E-state index >= 15 is 0 Å². The Hall–Kier alpha value is -2.69. The normalized spacial score (nSPS) is 12.8. The molecule has 0 spiro atoms. The molecule has 3 rings (SSSR count). The highest BCUT2D eigenvalue weighted by molar-refractivity contribution is 5.78. The number of carbonyl (C=O) groups excluding carboxylic acids is 1. The topological polar surface area (TPSA) is 48.0 Å². The summed E-state index contributed by atoms with van der Waals surface area (Å²) in [5.74, 6) is 1.86. The van der Waals surface area contributed by atoms with E-state index in [0.717, 1.165) is 5.56 Å². The lowest BCUT2D eigenvalue weighted by Gasteiger charge is -2.35. The molecular formula is C20H23NO4. The number of nitrogens with zero attached hydrogens (tertiary/aromatic N) is 1. The van der Waals surface area contributed by atoms with Gasteiger partial charge in [0.25, 0.3) is 5.91 Å². The van der Waals surface area contributed by atoms with Gasteiger partial charge in [0.1, 0.15) is 5.75 Å². The Morgan fingerprint density at radius 2 is 1.80 bits per heavy atom. The van der Waals surface area contributed by atoms with Crippen LogP contribution in [0.3, 0.4) is 0 Å². The quantitative estimate of drug-likeness (QED) is 0.833. The number of carbonyl (C=O) groups is 1. The third-order valence-electron chi connectivity index (χ3n) is 4.00. The van der Waals surface area contributed by atoms with Crippen LogP contribution in [0, 0.1) is 0 Å². The second-order valence-electron chi connectivity index (χ2n) is 6.94. The summed E-state index contributed by atoms with van der Waals surface area (Å²) in [6, 6.07) is 15.3. The Bertz CT molecular complexity index is 737. The van der Waals surface area contributed by atoms with E-state index in [9.17, 15) is 4.79 Å². The van der Waals surface area contributed by atoms with Crippen molar-refractivity contribution in [3.05, 3.63) is 54.1 Å². The van der Waals surface area contributed by atoms with E-state index in [1.165, 1.54) is 0 Å². The third kappa shape index (κ3) is 4.24. The van der Waals surface area contributed by atoms with Crippen LogP contribution < -0.4 is 14.2 Å². The fourth-order valence-corrected chi connectivity index (χ4v) is 2.66. The lowest BCUT2D eigenvalue weighted by Crippen LogP contribution is -2.47. The first kappa shape index (κ1) is 17.1. The van der Waals surface area contributed by atoms with Crippen molar-refractivity contribution in [1.29, 1.82) is 0 Å². The molecule has 0 bridgehead atoms. The van der Waals surface area contributed by atoms with Crippen LogP contribution in [0.5, 0.6) is 17.2 Å². The molecule has 5 nitrogen and oxygen atoms in total. The summed E-state index contributed by atoms with van der Waals surface area (Å²) in [7, 11) is 0. The SMILES string of the molecule is CC(C)(C)N(Cc1ccccc1)C(=O)COc1ccc2c(c1)OCO2. The van der Waals surface area contributed by atoms with E-state index < -0.39 is 0 Å². The average molecular weight is 341 g/mol. The second kappa shape index (κ2) is 7.05. The molecule has 132 valence electrons. The van der Waals surface area contributed by atoms with Gasteiger partial charge in [-0.15, -0.1) is 0 Å². The molecule has 2 aromatic rings. The monoisotopic (exact) mass is 341 g/mol. The summed E-state index contributed by atoms with van der Waals surface area (Å²) in [6.07, 6.45) is 0. The Morgan fingerprint density at radius 3 is 2.52 bits per heavy atom. The number of ether oxygens (including phenoxy) is 3. The van der Waals surface area contributed by atoms with E-state index in [2.05, 4.69) is 0 Å².